The molecule has 0 bridgehead atoms. The maximum atomic E-state index is 5.53. The van der Waals surface area contributed by atoms with E-state index in [1.807, 2.05) is 5.38 Å². The Labute approximate surface area is 101 Å². The number of rotatable bonds is 5. The van der Waals surface area contributed by atoms with E-state index in [9.17, 15) is 0 Å². The van der Waals surface area contributed by atoms with Gasteiger partial charge < -0.3 is 10.3 Å². The molecule has 7 heteroatoms. The van der Waals surface area contributed by atoms with E-state index in [4.69, 9.17) is 10.3 Å². The van der Waals surface area contributed by atoms with Gasteiger partial charge in [0.25, 0.3) is 5.89 Å². The second-order valence-electron chi connectivity index (χ2n) is 3.14. The average molecular weight is 256 g/mol. The van der Waals surface area contributed by atoms with Gasteiger partial charge in [-0.1, -0.05) is 12.1 Å². The van der Waals surface area contributed by atoms with E-state index in [-0.39, 0.29) is 0 Å². The minimum Gasteiger partial charge on any atom is -0.375 e. The van der Waals surface area contributed by atoms with Crippen LogP contribution in [0.4, 0.5) is 5.13 Å². The van der Waals surface area contributed by atoms with E-state index in [1.165, 1.54) is 11.3 Å². The number of thioether (sulfide) groups is 1. The summed E-state index contributed by atoms with van der Waals surface area (Å²) in [6.45, 7) is 2.15. The lowest BCUT2D eigenvalue weighted by Gasteiger charge is -1.91. The highest BCUT2D eigenvalue weighted by Crippen LogP contribution is 2.22. The molecule has 16 heavy (non-hydrogen) atoms. The summed E-state index contributed by atoms with van der Waals surface area (Å²) in [5.74, 6) is 3.03. The molecule has 0 spiro atoms. The largest absolute Gasteiger partial charge is 0.375 e. The van der Waals surface area contributed by atoms with Crippen molar-refractivity contribution in [2.24, 2.45) is 0 Å². The number of thiazole rings is 1. The molecule has 2 rings (SSSR count). The van der Waals surface area contributed by atoms with Crippen molar-refractivity contribution in [3.05, 3.63) is 11.2 Å². The lowest BCUT2D eigenvalue weighted by molar-refractivity contribution is 0.424. The van der Waals surface area contributed by atoms with Gasteiger partial charge in [-0.2, -0.15) is 16.7 Å². The van der Waals surface area contributed by atoms with Gasteiger partial charge in [-0.3, -0.25) is 0 Å². The molecule has 0 fully saturated rings. The number of nitrogens with zero attached hydrogens (tertiary/aromatic N) is 3. The van der Waals surface area contributed by atoms with Crippen LogP contribution in [0.1, 0.15) is 19.2 Å². The topological polar surface area (TPSA) is 77.8 Å². The SMILES string of the molecule is CCCSCc1noc(-c2csc(N)n2)n1. The van der Waals surface area contributed by atoms with Gasteiger partial charge in [0.15, 0.2) is 11.0 Å². The monoisotopic (exact) mass is 256 g/mol. The minimum atomic E-state index is 0.444. The van der Waals surface area contributed by atoms with Crippen LogP contribution in [0.5, 0.6) is 0 Å². The maximum Gasteiger partial charge on any atom is 0.277 e. The summed E-state index contributed by atoms with van der Waals surface area (Å²) >= 11 is 3.16. The van der Waals surface area contributed by atoms with Crippen LogP contribution in [0.15, 0.2) is 9.90 Å². The number of nitrogens with two attached hydrogens (primary N) is 1. The van der Waals surface area contributed by atoms with Gasteiger partial charge in [-0.25, -0.2) is 4.98 Å². The summed E-state index contributed by atoms with van der Waals surface area (Å²) in [5.41, 5.74) is 6.19. The highest BCUT2D eigenvalue weighted by molar-refractivity contribution is 7.98. The van der Waals surface area contributed by atoms with Gasteiger partial charge in [-0.15, -0.1) is 11.3 Å². The summed E-state index contributed by atoms with van der Waals surface area (Å²) in [6, 6.07) is 0. The van der Waals surface area contributed by atoms with E-state index in [1.54, 1.807) is 11.8 Å². The number of aromatic nitrogens is 3. The van der Waals surface area contributed by atoms with Crippen molar-refractivity contribution in [3.8, 4) is 11.6 Å². The molecule has 0 amide bonds. The first kappa shape index (κ1) is 11.4. The third-order valence-electron chi connectivity index (χ3n) is 1.79. The summed E-state index contributed by atoms with van der Waals surface area (Å²) in [6.07, 6.45) is 1.15. The quantitative estimate of drug-likeness (QED) is 0.828. The molecule has 0 atom stereocenters. The summed E-state index contributed by atoms with van der Waals surface area (Å²) < 4.78 is 5.11. The lowest BCUT2D eigenvalue weighted by atomic mass is 10.5. The highest BCUT2D eigenvalue weighted by Gasteiger charge is 2.11. The van der Waals surface area contributed by atoms with Gasteiger partial charge >= 0.3 is 0 Å². The zero-order valence-electron chi connectivity index (χ0n) is 8.84. The molecule has 2 aromatic rings. The Morgan fingerprint density at radius 2 is 2.38 bits per heavy atom. The molecule has 0 radical (unpaired) electrons. The van der Waals surface area contributed by atoms with Crippen LogP contribution in [0.25, 0.3) is 11.6 Å². The molecule has 0 saturated heterocycles. The average Bonchev–Trinajstić information content (AvgIpc) is 2.87. The third kappa shape index (κ3) is 2.73. The van der Waals surface area contributed by atoms with Crippen LogP contribution in [-0.2, 0) is 5.75 Å². The second kappa shape index (κ2) is 5.31. The molecule has 0 saturated carbocycles. The van der Waals surface area contributed by atoms with Crippen LogP contribution in [0.3, 0.4) is 0 Å². The molecule has 86 valence electrons. The van der Waals surface area contributed by atoms with E-state index in [2.05, 4.69) is 22.0 Å². The first-order chi connectivity index (χ1) is 7.79. The minimum absolute atomic E-state index is 0.444. The van der Waals surface area contributed by atoms with Crippen LogP contribution in [0.2, 0.25) is 0 Å². The van der Waals surface area contributed by atoms with Crippen molar-refractivity contribution in [2.75, 3.05) is 11.5 Å². The highest BCUT2D eigenvalue weighted by atomic mass is 32.2. The second-order valence-corrected chi connectivity index (χ2v) is 5.13. The molecule has 0 aromatic carbocycles. The van der Waals surface area contributed by atoms with E-state index < -0.39 is 0 Å². The molecule has 0 unspecified atom stereocenters. The van der Waals surface area contributed by atoms with Crippen molar-refractivity contribution in [1.29, 1.82) is 0 Å². The summed E-state index contributed by atoms with van der Waals surface area (Å²) in [4.78, 5) is 8.34. The summed E-state index contributed by atoms with van der Waals surface area (Å²) in [5, 5.41) is 6.21. The van der Waals surface area contributed by atoms with E-state index >= 15 is 0 Å². The summed E-state index contributed by atoms with van der Waals surface area (Å²) in [7, 11) is 0. The molecule has 2 aromatic heterocycles. The van der Waals surface area contributed by atoms with Gasteiger partial charge in [0.2, 0.25) is 0 Å². The smallest absolute Gasteiger partial charge is 0.277 e. The molecule has 5 nitrogen and oxygen atoms in total. The first-order valence-electron chi connectivity index (χ1n) is 4.91. The normalized spacial score (nSPS) is 10.8. The van der Waals surface area contributed by atoms with Gasteiger partial charge in [-0.05, 0) is 12.2 Å². The molecule has 0 aliphatic heterocycles. The van der Waals surface area contributed by atoms with Crippen molar-refractivity contribution in [1.82, 2.24) is 15.1 Å². The third-order valence-corrected chi connectivity index (χ3v) is 3.62. The van der Waals surface area contributed by atoms with Crippen LogP contribution >= 0.6 is 23.1 Å². The van der Waals surface area contributed by atoms with E-state index in [0.29, 0.717) is 22.5 Å². The zero-order valence-corrected chi connectivity index (χ0v) is 10.5. The molecule has 2 N–H and O–H groups in total. The van der Waals surface area contributed by atoms with Crippen LogP contribution in [-0.4, -0.2) is 20.9 Å². The predicted octanol–water partition coefficient (Wildman–Crippen LogP) is 2.42. The predicted molar refractivity (Wildman–Crippen MR) is 66.3 cm³/mol. The van der Waals surface area contributed by atoms with Gasteiger partial charge in [0.1, 0.15) is 5.69 Å². The van der Waals surface area contributed by atoms with Crippen molar-refractivity contribution >= 4 is 28.2 Å². The van der Waals surface area contributed by atoms with Crippen LogP contribution < -0.4 is 5.73 Å². The fraction of sp³-hybridized carbons (Fsp3) is 0.444. The Morgan fingerprint density at radius 3 is 3.06 bits per heavy atom. The number of hydrogen-bond donors (Lipinski definition) is 1. The fourth-order valence-corrected chi connectivity index (χ4v) is 2.38. The molecule has 2 heterocycles. The Hall–Kier alpha value is -1.08. The Kier molecular flexibility index (Phi) is 3.79. The van der Waals surface area contributed by atoms with Gasteiger partial charge in [0, 0.05) is 5.38 Å². The lowest BCUT2D eigenvalue weighted by Crippen LogP contribution is -1.86. The molecular formula is C9H12N4OS2. The zero-order chi connectivity index (χ0) is 11.4. The molecule has 0 aliphatic carbocycles. The number of nitrogen functional groups attached to an aromatic ring is 1. The number of anilines is 1. The molecule has 0 aliphatic rings. The fourth-order valence-electron chi connectivity index (χ4n) is 1.11. The maximum absolute atomic E-state index is 5.53. The first-order valence-corrected chi connectivity index (χ1v) is 6.94. The van der Waals surface area contributed by atoms with Gasteiger partial charge in [0.05, 0.1) is 5.75 Å². The molecular weight excluding hydrogens is 244 g/mol. The van der Waals surface area contributed by atoms with Crippen molar-refractivity contribution < 1.29 is 4.52 Å². The standard InChI is InChI=1S/C9H12N4OS2/c1-2-3-15-5-7-12-8(14-13-7)6-4-16-9(10)11-6/h4H,2-3,5H2,1H3,(H2,10,11). The Morgan fingerprint density at radius 1 is 1.50 bits per heavy atom. The van der Waals surface area contributed by atoms with Crippen LogP contribution in [0, 0.1) is 0 Å². The van der Waals surface area contributed by atoms with E-state index in [0.717, 1.165) is 17.9 Å². The number of hydrogen-bond acceptors (Lipinski definition) is 7. The van der Waals surface area contributed by atoms with Crippen molar-refractivity contribution in [3.63, 3.8) is 0 Å². The van der Waals surface area contributed by atoms with Crippen molar-refractivity contribution in [2.45, 2.75) is 19.1 Å². The Balaban J connectivity index is 2.02. The Bertz CT molecular complexity index is 454.